The Bertz CT molecular complexity index is 875. The largest absolute Gasteiger partial charge is 0.375 e. The number of H-pyrrole nitrogens is 1. The number of rotatable bonds is 9. The number of fused-ring (bicyclic) bond motifs is 1. The van der Waals surface area contributed by atoms with E-state index in [9.17, 15) is 0 Å². The number of nitrogens with zero attached hydrogens (tertiary/aromatic N) is 2. The van der Waals surface area contributed by atoms with Gasteiger partial charge in [0.05, 0.1) is 0 Å². The predicted molar refractivity (Wildman–Crippen MR) is 136 cm³/mol. The molecule has 5 nitrogen and oxygen atoms in total. The monoisotopic (exact) mass is 505 g/mol. The highest BCUT2D eigenvalue weighted by molar-refractivity contribution is 14.0. The van der Waals surface area contributed by atoms with Crippen LogP contribution in [0.1, 0.15) is 18.4 Å². The quantitative estimate of drug-likeness (QED) is 0.175. The second-order valence-corrected chi connectivity index (χ2v) is 7.00. The first kappa shape index (κ1) is 23.1. The van der Waals surface area contributed by atoms with Crippen molar-refractivity contribution in [2.75, 3.05) is 38.6 Å². The molecular weight excluding hydrogens is 473 g/mol. The lowest BCUT2D eigenvalue weighted by atomic mass is 10.1. The van der Waals surface area contributed by atoms with Crippen LogP contribution in [0.3, 0.4) is 0 Å². The molecule has 0 radical (unpaired) electrons. The SMILES string of the molecule is CN=C(NCCCCN(C)c1ccccc1)NCCc1c[nH]c2ccccc12.I. The van der Waals surface area contributed by atoms with E-state index in [1.54, 1.807) is 0 Å². The summed E-state index contributed by atoms with van der Waals surface area (Å²) in [6, 6.07) is 18.9. The van der Waals surface area contributed by atoms with Crippen LogP contribution in [0.5, 0.6) is 0 Å². The van der Waals surface area contributed by atoms with Crippen molar-refractivity contribution >= 4 is 46.5 Å². The summed E-state index contributed by atoms with van der Waals surface area (Å²) in [4.78, 5) is 9.96. The molecular formula is C23H32IN5. The number of unbranched alkanes of at least 4 members (excludes halogenated alkanes) is 1. The minimum Gasteiger partial charge on any atom is -0.375 e. The average molecular weight is 505 g/mol. The number of halogens is 1. The van der Waals surface area contributed by atoms with Crippen LogP contribution in [0, 0.1) is 0 Å². The fraction of sp³-hybridized carbons (Fsp3) is 0.348. The normalized spacial score (nSPS) is 11.2. The molecule has 0 aliphatic heterocycles. The summed E-state index contributed by atoms with van der Waals surface area (Å²) >= 11 is 0. The van der Waals surface area contributed by atoms with Gasteiger partial charge in [-0.15, -0.1) is 24.0 Å². The molecule has 0 aliphatic carbocycles. The zero-order valence-electron chi connectivity index (χ0n) is 17.3. The summed E-state index contributed by atoms with van der Waals surface area (Å²) in [5.74, 6) is 0.872. The predicted octanol–water partition coefficient (Wildman–Crippen LogP) is 4.41. The van der Waals surface area contributed by atoms with Gasteiger partial charge in [0, 0.05) is 56.5 Å². The van der Waals surface area contributed by atoms with Gasteiger partial charge in [0.1, 0.15) is 0 Å². The first-order valence-corrected chi connectivity index (χ1v) is 10.0. The Kier molecular flexibility index (Phi) is 9.83. The molecule has 1 aromatic heterocycles. The maximum Gasteiger partial charge on any atom is 0.190 e. The van der Waals surface area contributed by atoms with Crippen LogP contribution in [0.15, 0.2) is 65.8 Å². The maximum absolute atomic E-state index is 4.33. The van der Waals surface area contributed by atoms with Gasteiger partial charge in [-0.05, 0) is 43.0 Å². The van der Waals surface area contributed by atoms with Crippen LogP contribution in [-0.4, -0.2) is 44.7 Å². The van der Waals surface area contributed by atoms with Crippen molar-refractivity contribution in [2.45, 2.75) is 19.3 Å². The van der Waals surface area contributed by atoms with E-state index in [0.717, 1.165) is 44.9 Å². The molecule has 0 amide bonds. The molecule has 3 N–H and O–H groups in total. The third kappa shape index (κ3) is 6.96. The number of hydrogen-bond acceptors (Lipinski definition) is 2. The van der Waals surface area contributed by atoms with Gasteiger partial charge in [0.15, 0.2) is 5.96 Å². The van der Waals surface area contributed by atoms with Gasteiger partial charge in [0.2, 0.25) is 0 Å². The summed E-state index contributed by atoms with van der Waals surface area (Å²) in [7, 11) is 3.97. The van der Waals surface area contributed by atoms with Crippen molar-refractivity contribution in [1.82, 2.24) is 15.6 Å². The van der Waals surface area contributed by atoms with E-state index in [-0.39, 0.29) is 24.0 Å². The summed E-state index contributed by atoms with van der Waals surface area (Å²) in [5.41, 5.74) is 3.80. The number of aliphatic imine (C=N–C) groups is 1. The van der Waals surface area contributed by atoms with Gasteiger partial charge in [-0.2, -0.15) is 0 Å². The number of hydrogen-bond donors (Lipinski definition) is 3. The van der Waals surface area contributed by atoms with E-state index in [0.29, 0.717) is 0 Å². The fourth-order valence-electron chi connectivity index (χ4n) is 3.37. The molecule has 0 aliphatic rings. The van der Waals surface area contributed by atoms with E-state index in [1.165, 1.54) is 22.2 Å². The van der Waals surface area contributed by atoms with Gasteiger partial charge in [-0.3, -0.25) is 4.99 Å². The molecule has 0 spiro atoms. The van der Waals surface area contributed by atoms with Gasteiger partial charge in [-0.25, -0.2) is 0 Å². The number of aromatic amines is 1. The molecule has 0 saturated heterocycles. The van der Waals surface area contributed by atoms with E-state index in [1.807, 2.05) is 7.05 Å². The summed E-state index contributed by atoms with van der Waals surface area (Å²) in [6.45, 7) is 2.84. The first-order chi connectivity index (χ1) is 13.8. The zero-order valence-corrected chi connectivity index (χ0v) is 19.6. The minimum atomic E-state index is 0. The number of benzene rings is 2. The zero-order chi connectivity index (χ0) is 19.6. The van der Waals surface area contributed by atoms with E-state index < -0.39 is 0 Å². The van der Waals surface area contributed by atoms with Crippen molar-refractivity contribution in [1.29, 1.82) is 0 Å². The first-order valence-electron chi connectivity index (χ1n) is 10.0. The van der Waals surface area contributed by atoms with E-state index in [4.69, 9.17) is 0 Å². The fourth-order valence-corrected chi connectivity index (χ4v) is 3.37. The van der Waals surface area contributed by atoms with Gasteiger partial charge in [0.25, 0.3) is 0 Å². The third-order valence-corrected chi connectivity index (χ3v) is 5.00. The van der Waals surface area contributed by atoms with Crippen LogP contribution in [0.25, 0.3) is 10.9 Å². The topological polar surface area (TPSA) is 55.5 Å². The number of aromatic nitrogens is 1. The number of nitrogens with one attached hydrogen (secondary N) is 3. The molecule has 3 rings (SSSR count). The highest BCUT2D eigenvalue weighted by Crippen LogP contribution is 2.17. The van der Waals surface area contributed by atoms with Crippen LogP contribution in [-0.2, 0) is 6.42 Å². The molecule has 2 aromatic carbocycles. The Hall–Kier alpha value is -2.22. The lowest BCUT2D eigenvalue weighted by Crippen LogP contribution is -2.38. The van der Waals surface area contributed by atoms with Crippen molar-refractivity contribution in [3.8, 4) is 0 Å². The lowest BCUT2D eigenvalue weighted by molar-refractivity contribution is 0.686. The third-order valence-electron chi connectivity index (χ3n) is 5.00. The Morgan fingerprint density at radius 3 is 2.48 bits per heavy atom. The van der Waals surface area contributed by atoms with Crippen LogP contribution in [0.4, 0.5) is 5.69 Å². The Balaban J connectivity index is 0.00000300. The van der Waals surface area contributed by atoms with Crippen molar-refractivity contribution < 1.29 is 0 Å². The van der Waals surface area contributed by atoms with Crippen LogP contribution < -0.4 is 15.5 Å². The lowest BCUT2D eigenvalue weighted by Gasteiger charge is -2.19. The molecule has 1 heterocycles. The Morgan fingerprint density at radius 2 is 1.69 bits per heavy atom. The van der Waals surface area contributed by atoms with E-state index >= 15 is 0 Å². The molecule has 0 atom stereocenters. The number of para-hydroxylation sites is 2. The average Bonchev–Trinajstić information content (AvgIpc) is 3.16. The highest BCUT2D eigenvalue weighted by Gasteiger charge is 2.04. The van der Waals surface area contributed by atoms with Crippen LogP contribution >= 0.6 is 24.0 Å². The number of guanidine groups is 1. The second kappa shape index (κ2) is 12.4. The highest BCUT2D eigenvalue weighted by atomic mass is 127. The summed E-state index contributed by atoms with van der Waals surface area (Å²) in [6.07, 6.45) is 5.32. The standard InChI is InChI=1S/C23H31N5.HI/c1-24-23(25-15-8-9-17-28(2)20-10-4-3-5-11-20)26-16-14-19-18-27-22-13-7-6-12-21(19)22;/h3-7,10-13,18,27H,8-9,14-17H2,1-2H3,(H2,24,25,26);1H. The molecule has 156 valence electrons. The minimum absolute atomic E-state index is 0. The molecule has 3 aromatic rings. The Morgan fingerprint density at radius 1 is 0.966 bits per heavy atom. The van der Waals surface area contributed by atoms with Crippen molar-refractivity contribution in [3.05, 3.63) is 66.4 Å². The van der Waals surface area contributed by atoms with Gasteiger partial charge in [-0.1, -0.05) is 36.4 Å². The maximum atomic E-state index is 4.33. The molecule has 0 saturated carbocycles. The second-order valence-electron chi connectivity index (χ2n) is 7.00. The molecule has 0 bridgehead atoms. The smallest absolute Gasteiger partial charge is 0.190 e. The number of anilines is 1. The summed E-state index contributed by atoms with van der Waals surface area (Å²) < 4.78 is 0. The van der Waals surface area contributed by atoms with Gasteiger partial charge >= 0.3 is 0 Å². The summed E-state index contributed by atoms with van der Waals surface area (Å²) in [5, 5.41) is 8.13. The Labute approximate surface area is 191 Å². The molecule has 0 fully saturated rings. The molecule has 6 heteroatoms. The van der Waals surface area contributed by atoms with Gasteiger partial charge < -0.3 is 20.5 Å². The van der Waals surface area contributed by atoms with Crippen molar-refractivity contribution in [2.24, 2.45) is 4.99 Å². The van der Waals surface area contributed by atoms with Crippen molar-refractivity contribution in [3.63, 3.8) is 0 Å². The van der Waals surface area contributed by atoms with E-state index in [2.05, 4.69) is 93.4 Å². The van der Waals surface area contributed by atoms with Crippen LogP contribution in [0.2, 0.25) is 0 Å². The molecule has 29 heavy (non-hydrogen) atoms. The molecule has 0 unspecified atom stereocenters.